The first-order valence-corrected chi connectivity index (χ1v) is 9.51. The first kappa shape index (κ1) is 19.4. The largest absolute Gasteiger partial charge is 0.481 e. The maximum Gasteiger partial charge on any atom is 0.303 e. The number of fused-ring (bicyclic) bond motifs is 1. The molecule has 146 valence electrons. The predicted molar refractivity (Wildman–Crippen MR) is 104 cm³/mol. The Morgan fingerprint density at radius 1 is 1.22 bits per heavy atom. The van der Waals surface area contributed by atoms with Crippen molar-refractivity contribution >= 4 is 22.8 Å². The van der Waals surface area contributed by atoms with Crippen LogP contribution in [0.25, 0.3) is 10.9 Å². The summed E-state index contributed by atoms with van der Waals surface area (Å²) in [5, 5.41) is 10.0. The summed E-state index contributed by atoms with van der Waals surface area (Å²) in [6.45, 7) is 6.88. The SMILES string of the molecule is COCCn1c(C)c(C)c2cc(C(=O)N3CCC(CC(=O)O)CC3)ccc21. The predicted octanol–water partition coefficient (Wildman–Crippen LogP) is 3.23. The van der Waals surface area contributed by atoms with Gasteiger partial charge in [-0.2, -0.15) is 0 Å². The van der Waals surface area contributed by atoms with Gasteiger partial charge in [0.2, 0.25) is 0 Å². The lowest BCUT2D eigenvalue weighted by Gasteiger charge is -2.31. The number of rotatable bonds is 6. The lowest BCUT2D eigenvalue weighted by Crippen LogP contribution is -2.38. The topological polar surface area (TPSA) is 71.8 Å². The maximum absolute atomic E-state index is 12.9. The molecule has 1 aliphatic heterocycles. The number of aromatic nitrogens is 1. The van der Waals surface area contributed by atoms with E-state index in [2.05, 4.69) is 18.4 Å². The molecule has 6 heteroatoms. The fraction of sp³-hybridized carbons (Fsp3) is 0.524. The molecule has 2 aromatic rings. The zero-order valence-electron chi connectivity index (χ0n) is 16.3. The summed E-state index contributed by atoms with van der Waals surface area (Å²) in [4.78, 5) is 25.6. The van der Waals surface area contributed by atoms with E-state index in [1.165, 1.54) is 11.3 Å². The fourth-order valence-electron chi connectivity index (χ4n) is 4.02. The van der Waals surface area contributed by atoms with Crippen molar-refractivity contribution < 1.29 is 19.4 Å². The van der Waals surface area contributed by atoms with Gasteiger partial charge >= 0.3 is 5.97 Å². The number of carbonyl (C=O) groups excluding carboxylic acids is 1. The van der Waals surface area contributed by atoms with E-state index < -0.39 is 5.97 Å². The number of amides is 1. The molecule has 6 nitrogen and oxygen atoms in total. The number of methoxy groups -OCH3 is 1. The van der Waals surface area contributed by atoms with Gasteiger partial charge in [-0.05, 0) is 56.4 Å². The molecule has 0 radical (unpaired) electrons. The van der Waals surface area contributed by atoms with E-state index in [-0.39, 0.29) is 18.2 Å². The highest BCUT2D eigenvalue weighted by Gasteiger charge is 2.25. The number of carbonyl (C=O) groups is 2. The van der Waals surface area contributed by atoms with Crippen LogP contribution >= 0.6 is 0 Å². The smallest absolute Gasteiger partial charge is 0.303 e. The minimum Gasteiger partial charge on any atom is -0.481 e. The summed E-state index contributed by atoms with van der Waals surface area (Å²) in [5.74, 6) is -0.546. The van der Waals surface area contributed by atoms with Crippen molar-refractivity contribution in [2.45, 2.75) is 39.7 Å². The Labute approximate surface area is 159 Å². The quantitative estimate of drug-likeness (QED) is 0.845. The van der Waals surface area contributed by atoms with E-state index in [1.807, 2.05) is 23.1 Å². The van der Waals surface area contributed by atoms with Gasteiger partial charge in [-0.15, -0.1) is 0 Å². The van der Waals surface area contributed by atoms with Gasteiger partial charge in [-0.3, -0.25) is 9.59 Å². The average molecular weight is 372 g/mol. The first-order valence-electron chi connectivity index (χ1n) is 9.51. The number of aryl methyl sites for hydroxylation is 1. The Morgan fingerprint density at radius 3 is 2.56 bits per heavy atom. The summed E-state index contributed by atoms with van der Waals surface area (Å²) >= 11 is 0. The lowest BCUT2D eigenvalue weighted by atomic mass is 9.93. The number of carboxylic acids is 1. The molecule has 1 saturated heterocycles. The number of ether oxygens (including phenoxy) is 1. The van der Waals surface area contributed by atoms with Crippen LogP contribution in [0.15, 0.2) is 18.2 Å². The summed E-state index contributed by atoms with van der Waals surface area (Å²) < 4.78 is 7.45. The van der Waals surface area contributed by atoms with Crippen LogP contribution in [0.3, 0.4) is 0 Å². The Hall–Kier alpha value is -2.34. The third kappa shape index (κ3) is 4.00. The van der Waals surface area contributed by atoms with Crippen LogP contribution in [-0.4, -0.2) is 53.3 Å². The fourth-order valence-corrected chi connectivity index (χ4v) is 4.02. The van der Waals surface area contributed by atoms with E-state index in [9.17, 15) is 9.59 Å². The van der Waals surface area contributed by atoms with E-state index in [0.29, 0.717) is 25.3 Å². The van der Waals surface area contributed by atoms with Crippen molar-refractivity contribution in [1.29, 1.82) is 0 Å². The van der Waals surface area contributed by atoms with E-state index in [4.69, 9.17) is 9.84 Å². The highest BCUT2D eigenvalue weighted by molar-refractivity contribution is 5.99. The van der Waals surface area contributed by atoms with Gasteiger partial charge in [0.15, 0.2) is 0 Å². The van der Waals surface area contributed by atoms with Gasteiger partial charge < -0.3 is 19.3 Å². The molecule has 0 spiro atoms. The molecule has 1 amide bonds. The van der Waals surface area contributed by atoms with Crippen LogP contribution in [0.4, 0.5) is 0 Å². The lowest BCUT2D eigenvalue weighted by molar-refractivity contribution is -0.138. The number of hydrogen-bond acceptors (Lipinski definition) is 3. The second-order valence-electron chi connectivity index (χ2n) is 7.42. The molecule has 1 fully saturated rings. The van der Waals surface area contributed by atoms with Crippen LogP contribution in [0, 0.1) is 19.8 Å². The highest BCUT2D eigenvalue weighted by atomic mass is 16.5. The van der Waals surface area contributed by atoms with Crippen molar-refractivity contribution in [3.63, 3.8) is 0 Å². The van der Waals surface area contributed by atoms with Crippen molar-refractivity contribution in [1.82, 2.24) is 9.47 Å². The summed E-state index contributed by atoms with van der Waals surface area (Å²) in [5.41, 5.74) is 4.21. The summed E-state index contributed by atoms with van der Waals surface area (Å²) in [6, 6.07) is 5.91. The number of piperidine rings is 1. The van der Waals surface area contributed by atoms with E-state index in [1.54, 1.807) is 7.11 Å². The van der Waals surface area contributed by atoms with Crippen molar-refractivity contribution in [3.05, 3.63) is 35.0 Å². The zero-order valence-corrected chi connectivity index (χ0v) is 16.3. The van der Waals surface area contributed by atoms with Crippen molar-refractivity contribution in [3.8, 4) is 0 Å². The third-order valence-electron chi connectivity index (χ3n) is 5.77. The Bertz CT molecular complexity index is 847. The summed E-state index contributed by atoms with van der Waals surface area (Å²) in [6.07, 6.45) is 1.71. The van der Waals surface area contributed by atoms with Crippen LogP contribution in [0.2, 0.25) is 0 Å². The molecule has 27 heavy (non-hydrogen) atoms. The molecule has 3 rings (SSSR count). The van der Waals surface area contributed by atoms with Gasteiger partial charge in [0, 0.05) is 55.3 Å². The second kappa shape index (κ2) is 8.13. The molecule has 1 N–H and O–H groups in total. The minimum atomic E-state index is -0.756. The zero-order chi connectivity index (χ0) is 19.6. The Morgan fingerprint density at radius 2 is 1.93 bits per heavy atom. The molecule has 2 heterocycles. The standard InChI is InChI=1S/C21H28N2O4/c1-14-15(2)23(10-11-27-3)19-5-4-17(13-18(14)19)21(26)22-8-6-16(7-9-22)12-20(24)25/h4-5,13,16H,6-12H2,1-3H3,(H,24,25). The van der Waals surface area contributed by atoms with E-state index >= 15 is 0 Å². The molecule has 0 bridgehead atoms. The Kier molecular flexibility index (Phi) is 5.85. The first-order chi connectivity index (χ1) is 12.9. The van der Waals surface area contributed by atoms with Crippen LogP contribution in [0.1, 0.15) is 40.9 Å². The normalized spacial score (nSPS) is 15.4. The van der Waals surface area contributed by atoms with Crippen LogP contribution in [0.5, 0.6) is 0 Å². The molecule has 0 atom stereocenters. The number of carboxylic acid groups (broad SMARTS) is 1. The molecule has 0 saturated carbocycles. The molecule has 1 aromatic heterocycles. The van der Waals surface area contributed by atoms with Crippen molar-refractivity contribution in [2.75, 3.05) is 26.8 Å². The number of likely N-dealkylation sites (tertiary alicyclic amines) is 1. The molecule has 1 aliphatic rings. The van der Waals surface area contributed by atoms with Crippen LogP contribution in [-0.2, 0) is 16.1 Å². The van der Waals surface area contributed by atoms with Gasteiger partial charge in [-0.25, -0.2) is 0 Å². The van der Waals surface area contributed by atoms with Crippen LogP contribution < -0.4 is 0 Å². The van der Waals surface area contributed by atoms with Gasteiger partial charge in [0.25, 0.3) is 5.91 Å². The van der Waals surface area contributed by atoms with E-state index in [0.717, 1.165) is 30.3 Å². The summed E-state index contributed by atoms with van der Waals surface area (Å²) in [7, 11) is 1.70. The third-order valence-corrected chi connectivity index (χ3v) is 5.77. The monoisotopic (exact) mass is 372 g/mol. The second-order valence-corrected chi connectivity index (χ2v) is 7.42. The number of aliphatic carboxylic acids is 1. The average Bonchev–Trinajstić information content (AvgIpc) is 2.90. The van der Waals surface area contributed by atoms with Gasteiger partial charge in [0.1, 0.15) is 0 Å². The van der Waals surface area contributed by atoms with Gasteiger partial charge in [-0.1, -0.05) is 0 Å². The molecular weight excluding hydrogens is 344 g/mol. The minimum absolute atomic E-state index is 0.0346. The number of hydrogen-bond donors (Lipinski definition) is 1. The molecular formula is C21H28N2O4. The maximum atomic E-state index is 12.9. The van der Waals surface area contributed by atoms with Crippen molar-refractivity contribution in [2.24, 2.45) is 5.92 Å². The molecule has 1 aromatic carbocycles. The molecule has 0 aliphatic carbocycles. The van der Waals surface area contributed by atoms with Gasteiger partial charge in [0.05, 0.1) is 6.61 Å². The highest BCUT2D eigenvalue weighted by Crippen LogP contribution is 2.28. The molecule has 0 unspecified atom stereocenters. The number of nitrogens with zero attached hydrogens (tertiary/aromatic N) is 2. The Balaban J connectivity index is 1.78. The number of benzene rings is 1.